The Balaban J connectivity index is 2.01. The molecule has 29 heavy (non-hydrogen) atoms. The molecule has 1 aliphatic heterocycles. The molecule has 1 amide bonds. The molecule has 154 valence electrons. The topological polar surface area (TPSA) is 133 Å². The van der Waals surface area contributed by atoms with Crippen LogP contribution in [0.3, 0.4) is 0 Å². The molecule has 9 nitrogen and oxygen atoms in total. The molecule has 3 rings (SSSR count). The van der Waals surface area contributed by atoms with Gasteiger partial charge in [-0.2, -0.15) is 0 Å². The van der Waals surface area contributed by atoms with Crippen molar-refractivity contribution >= 4 is 21.6 Å². The maximum absolute atomic E-state index is 13.2. The smallest absolute Gasteiger partial charge is 0.274 e. The van der Waals surface area contributed by atoms with Crippen molar-refractivity contribution in [1.82, 2.24) is 4.90 Å². The number of morpholine rings is 1. The third-order valence-corrected chi connectivity index (χ3v) is 5.72. The summed E-state index contributed by atoms with van der Waals surface area (Å²) in [4.78, 5) is 24.9. The van der Waals surface area contributed by atoms with Gasteiger partial charge >= 0.3 is 0 Å². The standard InChI is InChI=1S/C19H21N3O6S/c1-12-10-21(11-18(28-12)14-6-4-3-5-7-14)19(23)16-8-15(29(20,26)27)9-17(13(16)2)22(24)25/h3-9,12,18H,10-11H2,1-2H3,(H2,20,26,27)/t12-,18-/m1/s1. The predicted molar refractivity (Wildman–Crippen MR) is 105 cm³/mol. The second-order valence-corrected chi connectivity index (χ2v) is 8.53. The lowest BCUT2D eigenvalue weighted by Crippen LogP contribution is -2.46. The molecule has 2 aromatic rings. The van der Waals surface area contributed by atoms with Gasteiger partial charge in [0, 0.05) is 18.2 Å². The van der Waals surface area contributed by atoms with Gasteiger partial charge < -0.3 is 9.64 Å². The zero-order valence-corrected chi connectivity index (χ0v) is 16.8. The van der Waals surface area contributed by atoms with E-state index in [1.165, 1.54) is 11.8 Å². The number of amides is 1. The Bertz CT molecular complexity index is 1060. The molecule has 0 spiro atoms. The molecule has 2 atom stereocenters. The van der Waals surface area contributed by atoms with Crippen LogP contribution in [0.1, 0.15) is 34.5 Å². The molecular formula is C19H21N3O6S. The van der Waals surface area contributed by atoms with Crippen LogP contribution in [0, 0.1) is 17.0 Å². The third kappa shape index (κ3) is 4.44. The van der Waals surface area contributed by atoms with Crippen molar-refractivity contribution in [3.05, 3.63) is 69.3 Å². The van der Waals surface area contributed by atoms with Gasteiger partial charge in [0.2, 0.25) is 10.0 Å². The first-order chi connectivity index (χ1) is 13.6. The van der Waals surface area contributed by atoms with Gasteiger partial charge in [0.05, 0.1) is 28.0 Å². The summed E-state index contributed by atoms with van der Waals surface area (Å²) in [5, 5.41) is 16.5. The lowest BCUT2D eigenvalue weighted by molar-refractivity contribution is -0.385. The number of benzene rings is 2. The zero-order valence-electron chi connectivity index (χ0n) is 15.9. The number of primary sulfonamides is 1. The van der Waals surface area contributed by atoms with Crippen LogP contribution in [0.5, 0.6) is 0 Å². The summed E-state index contributed by atoms with van der Waals surface area (Å²) in [5.41, 5.74) is 0.450. The number of nitro benzene ring substituents is 1. The highest BCUT2D eigenvalue weighted by Gasteiger charge is 2.32. The van der Waals surface area contributed by atoms with Gasteiger partial charge in [-0.15, -0.1) is 0 Å². The maximum Gasteiger partial charge on any atom is 0.274 e. The van der Waals surface area contributed by atoms with Crippen LogP contribution in [0.25, 0.3) is 0 Å². The summed E-state index contributed by atoms with van der Waals surface area (Å²) in [7, 11) is -4.23. The Morgan fingerprint density at radius 3 is 2.48 bits per heavy atom. The number of nitrogens with two attached hydrogens (primary N) is 1. The number of ether oxygens (including phenoxy) is 1. The molecule has 0 saturated carbocycles. The lowest BCUT2D eigenvalue weighted by Gasteiger charge is -2.37. The monoisotopic (exact) mass is 419 g/mol. The van der Waals surface area contributed by atoms with Crippen molar-refractivity contribution in [2.75, 3.05) is 13.1 Å². The Labute approximate surface area is 168 Å². The normalized spacial score (nSPS) is 19.8. The Hall–Kier alpha value is -2.82. The first kappa shape index (κ1) is 20.9. The molecule has 1 aliphatic rings. The lowest BCUT2D eigenvalue weighted by atomic mass is 10.0. The summed E-state index contributed by atoms with van der Waals surface area (Å²) in [6.07, 6.45) is -0.629. The van der Waals surface area contributed by atoms with Gasteiger partial charge in [-0.05, 0) is 25.5 Å². The number of rotatable bonds is 4. The molecule has 2 N–H and O–H groups in total. The van der Waals surface area contributed by atoms with E-state index in [0.717, 1.165) is 17.7 Å². The van der Waals surface area contributed by atoms with Gasteiger partial charge in [-0.1, -0.05) is 30.3 Å². The van der Waals surface area contributed by atoms with Gasteiger partial charge in [-0.3, -0.25) is 14.9 Å². The summed E-state index contributed by atoms with van der Waals surface area (Å²) in [5.74, 6) is -0.507. The zero-order chi connectivity index (χ0) is 21.3. The van der Waals surface area contributed by atoms with Crippen LogP contribution in [0.15, 0.2) is 47.4 Å². The number of sulfonamides is 1. The number of nitro groups is 1. The van der Waals surface area contributed by atoms with Gasteiger partial charge in [-0.25, -0.2) is 13.6 Å². The molecule has 1 fully saturated rings. The molecule has 0 radical (unpaired) electrons. The minimum atomic E-state index is -4.23. The van der Waals surface area contributed by atoms with E-state index in [-0.39, 0.29) is 36.4 Å². The number of hydrogen-bond donors (Lipinski definition) is 1. The van der Waals surface area contributed by atoms with Crippen molar-refractivity contribution in [1.29, 1.82) is 0 Å². The van der Waals surface area contributed by atoms with E-state index < -0.39 is 31.4 Å². The van der Waals surface area contributed by atoms with Gasteiger partial charge in [0.15, 0.2) is 0 Å². The summed E-state index contributed by atoms with van der Waals surface area (Å²) < 4.78 is 29.5. The average molecular weight is 419 g/mol. The van der Waals surface area contributed by atoms with Crippen molar-refractivity contribution in [2.45, 2.75) is 31.0 Å². The van der Waals surface area contributed by atoms with Crippen LogP contribution in [-0.4, -0.2) is 43.3 Å². The SMILES string of the molecule is Cc1c(C(=O)N2C[C@@H](C)O[C@@H](c3ccccc3)C2)cc(S(N)(=O)=O)cc1[N+](=O)[O-]. The van der Waals surface area contributed by atoms with Crippen LogP contribution in [-0.2, 0) is 14.8 Å². The Morgan fingerprint density at radius 1 is 1.24 bits per heavy atom. The maximum atomic E-state index is 13.2. The molecule has 0 aromatic heterocycles. The van der Waals surface area contributed by atoms with Crippen LogP contribution in [0.4, 0.5) is 5.69 Å². The van der Waals surface area contributed by atoms with Crippen LogP contribution >= 0.6 is 0 Å². The molecule has 0 aliphatic carbocycles. The fraction of sp³-hybridized carbons (Fsp3) is 0.316. The molecule has 10 heteroatoms. The average Bonchev–Trinajstić information content (AvgIpc) is 2.66. The number of carbonyl (C=O) groups is 1. The summed E-state index contributed by atoms with van der Waals surface area (Å²) in [6, 6.07) is 11.4. The second kappa shape index (κ2) is 7.90. The fourth-order valence-corrected chi connectivity index (χ4v) is 3.95. The number of nitrogens with zero attached hydrogens (tertiary/aromatic N) is 2. The highest BCUT2D eigenvalue weighted by molar-refractivity contribution is 7.89. The highest BCUT2D eigenvalue weighted by atomic mass is 32.2. The van der Waals surface area contributed by atoms with Crippen molar-refractivity contribution in [2.24, 2.45) is 5.14 Å². The molecule has 0 unspecified atom stereocenters. The van der Waals surface area contributed by atoms with Gasteiger partial charge in [0.1, 0.15) is 6.10 Å². The van der Waals surface area contributed by atoms with E-state index in [1.54, 1.807) is 0 Å². The van der Waals surface area contributed by atoms with Crippen molar-refractivity contribution in [3.63, 3.8) is 0 Å². The molecular weight excluding hydrogens is 398 g/mol. The number of carbonyl (C=O) groups excluding carboxylic acids is 1. The number of hydrogen-bond acceptors (Lipinski definition) is 6. The first-order valence-corrected chi connectivity index (χ1v) is 10.4. The summed E-state index contributed by atoms with van der Waals surface area (Å²) >= 11 is 0. The largest absolute Gasteiger partial charge is 0.367 e. The van der Waals surface area contributed by atoms with Crippen LogP contribution in [0.2, 0.25) is 0 Å². The minimum Gasteiger partial charge on any atom is -0.367 e. The van der Waals surface area contributed by atoms with Crippen molar-refractivity contribution < 1.29 is 22.9 Å². The summed E-state index contributed by atoms with van der Waals surface area (Å²) in [6.45, 7) is 3.75. The molecule has 1 heterocycles. The van der Waals surface area contributed by atoms with E-state index in [1.807, 2.05) is 37.3 Å². The minimum absolute atomic E-state index is 0.0656. The van der Waals surface area contributed by atoms with E-state index in [4.69, 9.17) is 9.88 Å². The van der Waals surface area contributed by atoms with E-state index in [9.17, 15) is 23.3 Å². The molecule has 2 aromatic carbocycles. The quantitative estimate of drug-likeness (QED) is 0.596. The third-order valence-electron chi connectivity index (χ3n) is 4.83. The molecule has 1 saturated heterocycles. The first-order valence-electron chi connectivity index (χ1n) is 8.89. The van der Waals surface area contributed by atoms with E-state index >= 15 is 0 Å². The van der Waals surface area contributed by atoms with Crippen molar-refractivity contribution in [3.8, 4) is 0 Å². The van der Waals surface area contributed by atoms with E-state index in [0.29, 0.717) is 0 Å². The fourth-order valence-electron chi connectivity index (χ4n) is 3.39. The Kier molecular flexibility index (Phi) is 5.69. The predicted octanol–water partition coefficient (Wildman–Crippen LogP) is 2.15. The molecule has 0 bridgehead atoms. The second-order valence-electron chi connectivity index (χ2n) is 6.97. The van der Waals surface area contributed by atoms with Crippen LogP contribution < -0.4 is 5.14 Å². The Morgan fingerprint density at radius 2 is 1.90 bits per heavy atom. The van der Waals surface area contributed by atoms with Gasteiger partial charge in [0.25, 0.3) is 11.6 Å². The highest BCUT2D eigenvalue weighted by Crippen LogP contribution is 2.30. The van der Waals surface area contributed by atoms with E-state index in [2.05, 4.69) is 0 Å².